The summed E-state index contributed by atoms with van der Waals surface area (Å²) in [4.78, 5) is 13.6. The Bertz CT molecular complexity index is 1170. The Hall–Kier alpha value is -3.25. The molecule has 1 N–H and O–H groups in total. The molecule has 0 unspecified atom stereocenters. The highest BCUT2D eigenvalue weighted by molar-refractivity contribution is 7.99. The highest BCUT2D eigenvalue weighted by atomic mass is 32.2. The molecule has 0 bridgehead atoms. The van der Waals surface area contributed by atoms with E-state index in [1.165, 1.54) is 34.6 Å². The minimum absolute atomic E-state index is 0.854. The number of anilines is 2. The fourth-order valence-corrected chi connectivity index (χ4v) is 5.18. The maximum atomic E-state index is 5.50. The maximum absolute atomic E-state index is 5.50. The van der Waals surface area contributed by atoms with Crippen molar-refractivity contribution in [2.75, 3.05) is 29.9 Å². The van der Waals surface area contributed by atoms with Gasteiger partial charge in [0.05, 0.1) is 10.6 Å². The van der Waals surface area contributed by atoms with Crippen molar-refractivity contribution in [3.8, 4) is 22.3 Å². The average Bonchev–Trinajstić information content (AvgIpc) is 3.53. The summed E-state index contributed by atoms with van der Waals surface area (Å²) in [5, 5.41) is 3.39. The second kappa shape index (κ2) is 9.49. The van der Waals surface area contributed by atoms with Gasteiger partial charge in [-0.05, 0) is 49.6 Å². The largest absolute Gasteiger partial charge is 0.469 e. The van der Waals surface area contributed by atoms with Gasteiger partial charge in [-0.2, -0.15) is 0 Å². The van der Waals surface area contributed by atoms with Crippen LogP contribution in [-0.2, 0) is 0 Å². The molecule has 4 heterocycles. The Morgan fingerprint density at radius 3 is 2.44 bits per heavy atom. The van der Waals surface area contributed by atoms with Crippen molar-refractivity contribution >= 4 is 23.1 Å². The Morgan fingerprint density at radius 1 is 1.00 bits per heavy atom. The van der Waals surface area contributed by atoms with Crippen LogP contribution in [0.5, 0.6) is 0 Å². The van der Waals surface area contributed by atoms with Crippen molar-refractivity contribution in [3.63, 3.8) is 0 Å². The van der Waals surface area contributed by atoms with E-state index in [1.807, 2.05) is 43.2 Å². The Labute approximate surface area is 192 Å². The van der Waals surface area contributed by atoms with Gasteiger partial charge in [0.15, 0.2) is 0 Å². The van der Waals surface area contributed by atoms with Gasteiger partial charge in [-0.15, -0.1) is 0 Å². The molecule has 3 aromatic heterocycles. The van der Waals surface area contributed by atoms with Crippen molar-refractivity contribution in [2.45, 2.75) is 29.6 Å². The third-order valence-electron chi connectivity index (χ3n) is 5.68. The molecule has 0 spiro atoms. The maximum Gasteiger partial charge on any atom is 0.115 e. The van der Waals surface area contributed by atoms with E-state index in [0.29, 0.717) is 0 Å². The minimum atomic E-state index is 0.854. The van der Waals surface area contributed by atoms with Gasteiger partial charge >= 0.3 is 0 Å². The highest BCUT2D eigenvalue weighted by Gasteiger charge is 2.22. The molecule has 6 heteroatoms. The second-order valence-electron chi connectivity index (χ2n) is 7.82. The first-order valence-corrected chi connectivity index (χ1v) is 11.9. The van der Waals surface area contributed by atoms with Crippen molar-refractivity contribution in [2.24, 2.45) is 0 Å². The first kappa shape index (κ1) is 20.6. The number of aromatic nitrogens is 2. The fraction of sp³-hybridized carbons (Fsp3) is 0.231. The van der Waals surface area contributed by atoms with Crippen LogP contribution in [0, 0.1) is 0 Å². The van der Waals surface area contributed by atoms with Gasteiger partial charge in [0.1, 0.15) is 12.5 Å². The summed E-state index contributed by atoms with van der Waals surface area (Å²) in [6.07, 6.45) is 13.6. The normalized spacial score (nSPS) is 13.5. The molecule has 1 saturated heterocycles. The summed E-state index contributed by atoms with van der Waals surface area (Å²) < 4.78 is 5.50. The SMILES string of the molecule is CCNc1cocc1Sc1cc(-c2cccnc2)c(-c2cccnc2)c(N2CCCC2)c1. The van der Waals surface area contributed by atoms with Gasteiger partial charge in [0.25, 0.3) is 0 Å². The zero-order chi connectivity index (χ0) is 21.8. The predicted octanol–water partition coefficient (Wildman–Crippen LogP) is 6.59. The van der Waals surface area contributed by atoms with Crippen LogP contribution in [0.15, 0.2) is 87.9 Å². The summed E-state index contributed by atoms with van der Waals surface area (Å²) in [7, 11) is 0. The molecular weight excluding hydrogens is 416 g/mol. The molecule has 0 radical (unpaired) electrons. The lowest BCUT2D eigenvalue weighted by Crippen LogP contribution is -2.19. The lowest BCUT2D eigenvalue weighted by molar-refractivity contribution is 0.562. The van der Waals surface area contributed by atoms with Crippen molar-refractivity contribution in [1.29, 1.82) is 0 Å². The molecule has 4 aromatic rings. The van der Waals surface area contributed by atoms with Crippen molar-refractivity contribution < 1.29 is 4.42 Å². The highest BCUT2D eigenvalue weighted by Crippen LogP contribution is 2.45. The number of furan rings is 1. The number of benzene rings is 1. The Morgan fingerprint density at radius 2 is 1.75 bits per heavy atom. The predicted molar refractivity (Wildman–Crippen MR) is 131 cm³/mol. The van der Waals surface area contributed by atoms with Crippen LogP contribution in [0.4, 0.5) is 11.4 Å². The van der Waals surface area contributed by atoms with E-state index in [2.05, 4.69) is 51.4 Å². The zero-order valence-corrected chi connectivity index (χ0v) is 18.9. The Balaban J connectivity index is 1.69. The number of nitrogens with zero attached hydrogens (tertiary/aromatic N) is 3. The monoisotopic (exact) mass is 442 g/mol. The molecular formula is C26H26N4OS. The molecule has 0 atom stereocenters. The fourth-order valence-electron chi connectivity index (χ4n) is 4.24. The first-order valence-electron chi connectivity index (χ1n) is 11.0. The molecule has 1 fully saturated rings. The Kier molecular flexibility index (Phi) is 6.12. The van der Waals surface area contributed by atoms with Gasteiger partial charge in [-0.25, -0.2) is 0 Å². The molecule has 1 aromatic carbocycles. The third kappa shape index (κ3) is 4.23. The third-order valence-corrected chi connectivity index (χ3v) is 6.69. The number of pyridine rings is 2. The average molecular weight is 443 g/mol. The smallest absolute Gasteiger partial charge is 0.115 e. The molecule has 0 aliphatic carbocycles. The van der Waals surface area contributed by atoms with Crippen LogP contribution in [0.2, 0.25) is 0 Å². The van der Waals surface area contributed by atoms with Crippen LogP contribution in [0.3, 0.4) is 0 Å². The number of nitrogens with one attached hydrogen (secondary N) is 1. The zero-order valence-electron chi connectivity index (χ0n) is 18.1. The second-order valence-corrected chi connectivity index (χ2v) is 8.94. The van der Waals surface area contributed by atoms with E-state index in [4.69, 9.17) is 4.42 Å². The summed E-state index contributed by atoms with van der Waals surface area (Å²) in [5.74, 6) is 0. The molecule has 0 amide bonds. The minimum Gasteiger partial charge on any atom is -0.469 e. The van der Waals surface area contributed by atoms with E-state index in [9.17, 15) is 0 Å². The number of rotatable bonds is 7. The molecule has 162 valence electrons. The molecule has 1 aliphatic heterocycles. The van der Waals surface area contributed by atoms with Gasteiger partial charge < -0.3 is 14.6 Å². The van der Waals surface area contributed by atoms with Crippen molar-refractivity contribution in [1.82, 2.24) is 9.97 Å². The van der Waals surface area contributed by atoms with Crippen LogP contribution >= 0.6 is 11.8 Å². The van der Waals surface area contributed by atoms with Crippen LogP contribution in [0.25, 0.3) is 22.3 Å². The van der Waals surface area contributed by atoms with E-state index in [0.717, 1.165) is 41.3 Å². The van der Waals surface area contributed by atoms with E-state index in [1.54, 1.807) is 18.0 Å². The van der Waals surface area contributed by atoms with Gasteiger partial charge in [0.2, 0.25) is 0 Å². The number of hydrogen-bond donors (Lipinski definition) is 1. The van der Waals surface area contributed by atoms with Crippen LogP contribution in [-0.4, -0.2) is 29.6 Å². The lowest BCUT2D eigenvalue weighted by Gasteiger charge is -2.25. The van der Waals surface area contributed by atoms with Gasteiger partial charge in [-0.3, -0.25) is 9.97 Å². The quantitative estimate of drug-likeness (QED) is 0.349. The molecule has 5 nitrogen and oxygen atoms in total. The summed E-state index contributed by atoms with van der Waals surface area (Å²) in [6, 6.07) is 12.9. The summed E-state index contributed by atoms with van der Waals surface area (Å²) in [5.41, 5.74) is 6.91. The van der Waals surface area contributed by atoms with E-state index < -0.39 is 0 Å². The number of hydrogen-bond acceptors (Lipinski definition) is 6. The molecule has 0 saturated carbocycles. The van der Waals surface area contributed by atoms with Crippen LogP contribution < -0.4 is 10.2 Å². The lowest BCUT2D eigenvalue weighted by atomic mass is 9.94. The van der Waals surface area contributed by atoms with Crippen molar-refractivity contribution in [3.05, 3.63) is 73.7 Å². The summed E-state index contributed by atoms with van der Waals surface area (Å²) in [6.45, 7) is 5.09. The molecule has 1 aliphatic rings. The van der Waals surface area contributed by atoms with E-state index >= 15 is 0 Å². The topological polar surface area (TPSA) is 54.2 Å². The summed E-state index contributed by atoms with van der Waals surface area (Å²) >= 11 is 1.73. The van der Waals surface area contributed by atoms with E-state index in [-0.39, 0.29) is 0 Å². The molecule has 32 heavy (non-hydrogen) atoms. The van der Waals surface area contributed by atoms with Crippen LogP contribution in [0.1, 0.15) is 19.8 Å². The first-order chi connectivity index (χ1) is 15.8. The van der Waals surface area contributed by atoms with Gasteiger partial charge in [-0.1, -0.05) is 23.9 Å². The van der Waals surface area contributed by atoms with Gasteiger partial charge in [0, 0.05) is 71.7 Å². The standard InChI is InChI=1S/C26H26N4OS/c1-2-29-23-17-31-18-25(23)32-21-13-22(19-7-5-9-27-15-19)26(20-8-6-10-28-16-20)24(14-21)30-11-3-4-12-30/h5-10,13-18,29H,2-4,11-12H2,1H3. The molecule has 5 rings (SSSR count).